The summed E-state index contributed by atoms with van der Waals surface area (Å²) in [6, 6.07) is 0. The van der Waals surface area contributed by atoms with Gasteiger partial charge in [0.15, 0.2) is 0 Å². The molecule has 0 aromatic carbocycles. The van der Waals surface area contributed by atoms with Gasteiger partial charge in [0.25, 0.3) is 0 Å². The van der Waals surface area contributed by atoms with E-state index in [2.05, 4.69) is 37.3 Å². The number of allylic oxidation sites excluding steroid dienone is 1. The highest BCUT2D eigenvalue weighted by atomic mass is 14.9. The van der Waals surface area contributed by atoms with E-state index in [-0.39, 0.29) is 5.41 Å². The van der Waals surface area contributed by atoms with Gasteiger partial charge in [-0.05, 0) is 25.8 Å². The van der Waals surface area contributed by atoms with Crippen LogP contribution in [0.3, 0.4) is 0 Å². The van der Waals surface area contributed by atoms with Crippen molar-refractivity contribution in [3.05, 3.63) is 35.4 Å². The van der Waals surface area contributed by atoms with Gasteiger partial charge in [0.2, 0.25) is 0 Å². The first-order valence-electron chi connectivity index (χ1n) is 5.31. The van der Waals surface area contributed by atoms with Crippen LogP contribution in [-0.4, -0.2) is 9.97 Å². The summed E-state index contributed by atoms with van der Waals surface area (Å²) in [5.41, 5.74) is 3.51. The van der Waals surface area contributed by atoms with Crippen LogP contribution in [0.25, 0.3) is 0 Å². The molecule has 0 aliphatic rings. The molecule has 0 saturated heterocycles. The summed E-state index contributed by atoms with van der Waals surface area (Å²) in [5, 5.41) is 0. The van der Waals surface area contributed by atoms with Gasteiger partial charge in [0, 0.05) is 11.1 Å². The number of hydrogen-bond donors (Lipinski definition) is 0. The lowest BCUT2D eigenvalue weighted by Gasteiger charge is -2.22. The molecular weight excluding hydrogens is 184 g/mol. The molecule has 0 atom stereocenters. The third kappa shape index (κ3) is 2.65. The van der Waals surface area contributed by atoms with E-state index in [4.69, 9.17) is 0 Å². The predicted octanol–water partition coefficient (Wildman–Crippen LogP) is 3.12. The van der Waals surface area contributed by atoms with Crippen molar-refractivity contribution < 1.29 is 0 Å². The van der Waals surface area contributed by atoms with Crippen LogP contribution in [0.2, 0.25) is 0 Å². The average molecular weight is 204 g/mol. The third-order valence-electron chi connectivity index (χ3n) is 2.38. The molecule has 1 heterocycles. The summed E-state index contributed by atoms with van der Waals surface area (Å²) < 4.78 is 0. The smallest absolute Gasteiger partial charge is 0.125 e. The van der Waals surface area contributed by atoms with Crippen LogP contribution in [0.1, 0.15) is 43.5 Å². The number of aromatic nitrogens is 2. The van der Waals surface area contributed by atoms with Gasteiger partial charge in [0.1, 0.15) is 5.82 Å². The Bertz CT molecular complexity index is 373. The molecule has 0 fully saturated rings. The predicted molar refractivity (Wildman–Crippen MR) is 64.1 cm³/mol. The Balaban J connectivity index is 3.39. The highest BCUT2D eigenvalue weighted by Crippen LogP contribution is 2.25. The van der Waals surface area contributed by atoms with E-state index in [0.717, 1.165) is 23.6 Å². The Kier molecular flexibility index (Phi) is 3.28. The normalized spacial score (nSPS) is 11.5. The van der Waals surface area contributed by atoms with Gasteiger partial charge in [-0.15, -0.1) is 6.58 Å². The van der Waals surface area contributed by atoms with Crippen LogP contribution in [-0.2, 0) is 11.8 Å². The number of hydrogen-bond acceptors (Lipinski definition) is 2. The number of rotatable bonds is 2. The van der Waals surface area contributed by atoms with E-state index in [9.17, 15) is 0 Å². The minimum Gasteiger partial charge on any atom is -0.238 e. The van der Waals surface area contributed by atoms with Gasteiger partial charge in [0.05, 0.1) is 5.69 Å². The van der Waals surface area contributed by atoms with Crippen LogP contribution >= 0.6 is 0 Å². The topological polar surface area (TPSA) is 25.8 Å². The highest BCUT2D eigenvalue weighted by molar-refractivity contribution is 5.31. The fourth-order valence-corrected chi connectivity index (χ4v) is 1.74. The van der Waals surface area contributed by atoms with E-state index in [1.54, 1.807) is 0 Å². The van der Waals surface area contributed by atoms with E-state index in [1.807, 2.05) is 19.9 Å². The van der Waals surface area contributed by atoms with Crippen molar-refractivity contribution in [1.82, 2.24) is 9.97 Å². The molecule has 2 nitrogen and oxygen atoms in total. The molecule has 0 radical (unpaired) electrons. The summed E-state index contributed by atoms with van der Waals surface area (Å²) in [6.07, 6.45) is 2.76. The minimum atomic E-state index is 0.0663. The largest absolute Gasteiger partial charge is 0.238 e. The second-order valence-electron chi connectivity index (χ2n) is 4.93. The first kappa shape index (κ1) is 11.9. The standard InChI is InChI=1S/C13H20N2/c1-7-8-11-9(2)14-10(3)15-12(11)13(4,5)6/h7H,1,8H2,2-6H3. The fraction of sp³-hybridized carbons (Fsp3) is 0.538. The van der Waals surface area contributed by atoms with Gasteiger partial charge >= 0.3 is 0 Å². The maximum Gasteiger partial charge on any atom is 0.125 e. The Morgan fingerprint density at radius 2 is 1.80 bits per heavy atom. The summed E-state index contributed by atoms with van der Waals surface area (Å²) in [4.78, 5) is 8.97. The van der Waals surface area contributed by atoms with Crippen molar-refractivity contribution in [2.45, 2.75) is 46.5 Å². The molecule has 1 rings (SSSR count). The number of aryl methyl sites for hydroxylation is 2. The fourth-order valence-electron chi connectivity index (χ4n) is 1.74. The minimum absolute atomic E-state index is 0.0663. The van der Waals surface area contributed by atoms with Crippen molar-refractivity contribution in [2.24, 2.45) is 0 Å². The quantitative estimate of drug-likeness (QED) is 0.692. The molecule has 2 heteroatoms. The van der Waals surface area contributed by atoms with Crippen LogP contribution < -0.4 is 0 Å². The lowest BCUT2D eigenvalue weighted by Crippen LogP contribution is -2.19. The molecule has 82 valence electrons. The zero-order chi connectivity index (χ0) is 11.6. The van der Waals surface area contributed by atoms with E-state index in [0.29, 0.717) is 0 Å². The van der Waals surface area contributed by atoms with Gasteiger partial charge in [-0.3, -0.25) is 0 Å². The Morgan fingerprint density at radius 1 is 1.20 bits per heavy atom. The summed E-state index contributed by atoms with van der Waals surface area (Å²) in [6.45, 7) is 14.3. The zero-order valence-electron chi connectivity index (χ0n) is 10.4. The van der Waals surface area contributed by atoms with Crippen molar-refractivity contribution in [3.63, 3.8) is 0 Å². The molecule has 0 aliphatic carbocycles. The summed E-state index contributed by atoms with van der Waals surface area (Å²) >= 11 is 0. The monoisotopic (exact) mass is 204 g/mol. The molecule has 0 unspecified atom stereocenters. The van der Waals surface area contributed by atoms with Crippen molar-refractivity contribution in [2.75, 3.05) is 0 Å². The molecule has 0 spiro atoms. The van der Waals surface area contributed by atoms with E-state index < -0.39 is 0 Å². The molecule has 0 amide bonds. The van der Waals surface area contributed by atoms with Gasteiger partial charge in [-0.2, -0.15) is 0 Å². The lowest BCUT2D eigenvalue weighted by molar-refractivity contribution is 0.555. The van der Waals surface area contributed by atoms with Crippen LogP contribution in [0.4, 0.5) is 0 Å². The Labute approximate surface area is 92.5 Å². The van der Waals surface area contributed by atoms with Crippen molar-refractivity contribution in [1.29, 1.82) is 0 Å². The lowest BCUT2D eigenvalue weighted by atomic mass is 9.87. The average Bonchev–Trinajstić information content (AvgIpc) is 2.07. The molecule has 15 heavy (non-hydrogen) atoms. The zero-order valence-corrected chi connectivity index (χ0v) is 10.4. The molecular formula is C13H20N2. The summed E-state index contributed by atoms with van der Waals surface area (Å²) in [7, 11) is 0. The van der Waals surface area contributed by atoms with Crippen LogP contribution in [0, 0.1) is 13.8 Å². The maximum absolute atomic E-state index is 4.56. The van der Waals surface area contributed by atoms with E-state index >= 15 is 0 Å². The van der Waals surface area contributed by atoms with E-state index in [1.165, 1.54) is 5.56 Å². The van der Waals surface area contributed by atoms with Gasteiger partial charge in [-0.1, -0.05) is 26.8 Å². The first-order chi connectivity index (χ1) is 6.86. The van der Waals surface area contributed by atoms with Crippen molar-refractivity contribution >= 4 is 0 Å². The molecule has 1 aromatic heterocycles. The highest BCUT2D eigenvalue weighted by Gasteiger charge is 2.21. The Morgan fingerprint density at radius 3 is 2.27 bits per heavy atom. The second-order valence-corrected chi connectivity index (χ2v) is 4.93. The van der Waals surface area contributed by atoms with Crippen LogP contribution in [0.5, 0.6) is 0 Å². The van der Waals surface area contributed by atoms with Gasteiger partial charge < -0.3 is 0 Å². The van der Waals surface area contributed by atoms with Crippen LogP contribution in [0.15, 0.2) is 12.7 Å². The maximum atomic E-state index is 4.56. The number of nitrogens with zero attached hydrogens (tertiary/aromatic N) is 2. The summed E-state index contributed by atoms with van der Waals surface area (Å²) in [5.74, 6) is 0.852. The second kappa shape index (κ2) is 4.13. The first-order valence-corrected chi connectivity index (χ1v) is 5.31. The molecule has 0 N–H and O–H groups in total. The molecule has 0 aliphatic heterocycles. The molecule has 0 bridgehead atoms. The molecule has 0 saturated carbocycles. The Hall–Kier alpha value is -1.18. The van der Waals surface area contributed by atoms with Crippen molar-refractivity contribution in [3.8, 4) is 0 Å². The molecule has 1 aromatic rings. The SMILES string of the molecule is C=CCc1c(C)nc(C)nc1C(C)(C)C. The third-order valence-corrected chi connectivity index (χ3v) is 2.38. The van der Waals surface area contributed by atoms with Gasteiger partial charge in [-0.25, -0.2) is 9.97 Å².